The Morgan fingerprint density at radius 1 is 1.00 bits per heavy atom. The summed E-state index contributed by atoms with van der Waals surface area (Å²) in [7, 11) is 2.09. The second-order valence-electron chi connectivity index (χ2n) is 7.12. The van der Waals surface area contributed by atoms with E-state index in [0.29, 0.717) is 19.0 Å². The summed E-state index contributed by atoms with van der Waals surface area (Å²) in [6, 6.07) is 1.96. The van der Waals surface area contributed by atoms with E-state index >= 15 is 0 Å². The first-order valence-electron chi connectivity index (χ1n) is 9.10. The SMILES string of the molecule is Cc1cc(N2CCN(C)CC2)nc(N2CCN(C(=O)CC(F)(F)F)CC2)n1. The maximum atomic E-state index is 12.4. The average Bonchev–Trinajstić information content (AvgIpc) is 2.60. The molecule has 2 aliphatic heterocycles. The van der Waals surface area contributed by atoms with Gasteiger partial charge in [0, 0.05) is 64.1 Å². The molecule has 2 fully saturated rings. The van der Waals surface area contributed by atoms with Gasteiger partial charge in [-0.2, -0.15) is 18.2 Å². The first-order valence-corrected chi connectivity index (χ1v) is 9.10. The van der Waals surface area contributed by atoms with Crippen molar-refractivity contribution in [2.75, 3.05) is 69.2 Å². The molecule has 10 heteroatoms. The van der Waals surface area contributed by atoms with Gasteiger partial charge in [-0.15, -0.1) is 0 Å². The lowest BCUT2D eigenvalue weighted by atomic mass is 10.2. The van der Waals surface area contributed by atoms with Crippen molar-refractivity contribution in [1.82, 2.24) is 19.8 Å². The molecule has 150 valence electrons. The van der Waals surface area contributed by atoms with Crippen LogP contribution in [0, 0.1) is 6.92 Å². The topological polar surface area (TPSA) is 55.8 Å². The summed E-state index contributed by atoms with van der Waals surface area (Å²) in [5.41, 5.74) is 0.851. The van der Waals surface area contributed by atoms with Crippen LogP contribution in [-0.2, 0) is 4.79 Å². The van der Waals surface area contributed by atoms with Gasteiger partial charge in [-0.1, -0.05) is 0 Å². The molecule has 0 spiro atoms. The van der Waals surface area contributed by atoms with Gasteiger partial charge in [0.05, 0.1) is 0 Å². The van der Waals surface area contributed by atoms with Crippen molar-refractivity contribution >= 4 is 17.7 Å². The van der Waals surface area contributed by atoms with Gasteiger partial charge in [-0.25, -0.2) is 4.98 Å². The summed E-state index contributed by atoms with van der Waals surface area (Å²) in [6.45, 7) is 6.99. The first-order chi connectivity index (χ1) is 12.7. The number of likely N-dealkylation sites (N-methyl/N-ethyl adjacent to an activating group) is 1. The first kappa shape index (κ1) is 19.7. The fourth-order valence-corrected chi connectivity index (χ4v) is 3.31. The maximum absolute atomic E-state index is 12.4. The summed E-state index contributed by atoms with van der Waals surface area (Å²) in [6.07, 6.45) is -5.87. The molecule has 0 N–H and O–H groups in total. The second-order valence-corrected chi connectivity index (χ2v) is 7.12. The van der Waals surface area contributed by atoms with Crippen LogP contribution < -0.4 is 9.80 Å². The fourth-order valence-electron chi connectivity index (χ4n) is 3.31. The Morgan fingerprint density at radius 3 is 2.19 bits per heavy atom. The zero-order chi connectivity index (χ0) is 19.6. The van der Waals surface area contributed by atoms with E-state index in [-0.39, 0.29) is 13.1 Å². The molecule has 2 aliphatic rings. The van der Waals surface area contributed by atoms with E-state index in [4.69, 9.17) is 0 Å². The van der Waals surface area contributed by atoms with Crippen LogP contribution >= 0.6 is 0 Å². The number of hydrogen-bond donors (Lipinski definition) is 0. The molecule has 0 saturated carbocycles. The molecule has 7 nitrogen and oxygen atoms in total. The summed E-state index contributed by atoms with van der Waals surface area (Å²) in [4.78, 5) is 28.6. The third kappa shape index (κ3) is 5.21. The fraction of sp³-hybridized carbons (Fsp3) is 0.706. The maximum Gasteiger partial charge on any atom is 0.397 e. The summed E-state index contributed by atoms with van der Waals surface area (Å²) in [5, 5.41) is 0. The van der Waals surface area contributed by atoms with Gasteiger partial charge < -0.3 is 19.6 Å². The predicted molar refractivity (Wildman–Crippen MR) is 95.9 cm³/mol. The third-order valence-electron chi connectivity index (χ3n) is 4.92. The quantitative estimate of drug-likeness (QED) is 0.777. The minimum absolute atomic E-state index is 0.246. The van der Waals surface area contributed by atoms with Gasteiger partial charge in [0.15, 0.2) is 0 Å². The number of hydrogen-bond acceptors (Lipinski definition) is 6. The molecule has 1 amide bonds. The number of aryl methyl sites for hydroxylation is 1. The molecule has 0 atom stereocenters. The highest BCUT2D eigenvalue weighted by Crippen LogP contribution is 2.23. The molecule has 1 aromatic rings. The van der Waals surface area contributed by atoms with Crippen molar-refractivity contribution in [3.8, 4) is 0 Å². The summed E-state index contributed by atoms with van der Waals surface area (Å²) >= 11 is 0. The highest BCUT2D eigenvalue weighted by molar-refractivity contribution is 5.77. The van der Waals surface area contributed by atoms with Gasteiger partial charge in [-0.05, 0) is 14.0 Å². The van der Waals surface area contributed by atoms with Crippen LogP contribution in [0.4, 0.5) is 24.9 Å². The Kier molecular flexibility index (Phi) is 5.73. The van der Waals surface area contributed by atoms with Crippen LogP contribution in [0.15, 0.2) is 6.07 Å². The molecular formula is C17H25F3N6O. The molecule has 3 rings (SSSR count). The Morgan fingerprint density at radius 2 is 1.59 bits per heavy atom. The van der Waals surface area contributed by atoms with E-state index in [1.807, 2.05) is 17.9 Å². The van der Waals surface area contributed by atoms with Crippen molar-refractivity contribution in [3.05, 3.63) is 11.8 Å². The third-order valence-corrected chi connectivity index (χ3v) is 4.92. The average molecular weight is 386 g/mol. The number of alkyl halides is 3. The number of amides is 1. The Balaban J connectivity index is 1.63. The van der Waals surface area contributed by atoms with Crippen molar-refractivity contribution in [3.63, 3.8) is 0 Å². The summed E-state index contributed by atoms with van der Waals surface area (Å²) < 4.78 is 37.2. The van der Waals surface area contributed by atoms with Crippen molar-refractivity contribution < 1.29 is 18.0 Å². The largest absolute Gasteiger partial charge is 0.397 e. The minimum Gasteiger partial charge on any atom is -0.354 e. The van der Waals surface area contributed by atoms with Gasteiger partial charge >= 0.3 is 6.18 Å². The van der Waals surface area contributed by atoms with Crippen molar-refractivity contribution in [2.24, 2.45) is 0 Å². The van der Waals surface area contributed by atoms with Gasteiger partial charge in [-0.3, -0.25) is 4.79 Å². The van der Waals surface area contributed by atoms with E-state index in [2.05, 4.69) is 26.8 Å². The van der Waals surface area contributed by atoms with E-state index in [9.17, 15) is 18.0 Å². The molecule has 1 aromatic heterocycles. The zero-order valence-corrected chi connectivity index (χ0v) is 15.7. The highest BCUT2D eigenvalue weighted by Gasteiger charge is 2.34. The number of anilines is 2. The number of piperazine rings is 2. The monoisotopic (exact) mass is 386 g/mol. The molecule has 0 unspecified atom stereocenters. The van der Waals surface area contributed by atoms with Crippen molar-refractivity contribution in [2.45, 2.75) is 19.5 Å². The normalized spacial score (nSPS) is 19.5. The lowest BCUT2D eigenvalue weighted by Crippen LogP contribution is -2.50. The van der Waals surface area contributed by atoms with Crippen LogP contribution in [-0.4, -0.2) is 91.3 Å². The van der Waals surface area contributed by atoms with Crippen LogP contribution in [0.2, 0.25) is 0 Å². The molecule has 0 radical (unpaired) electrons. The lowest BCUT2D eigenvalue weighted by Gasteiger charge is -2.36. The number of carbonyl (C=O) groups excluding carboxylic acids is 1. The molecule has 0 aromatic carbocycles. The number of rotatable bonds is 3. The zero-order valence-electron chi connectivity index (χ0n) is 15.7. The molecule has 3 heterocycles. The Labute approximate surface area is 156 Å². The minimum atomic E-state index is -4.47. The van der Waals surface area contributed by atoms with E-state index in [1.54, 1.807) is 0 Å². The molecule has 2 saturated heterocycles. The van der Waals surface area contributed by atoms with E-state index in [0.717, 1.165) is 37.7 Å². The summed E-state index contributed by atoms with van der Waals surface area (Å²) in [5.74, 6) is 0.582. The lowest BCUT2D eigenvalue weighted by molar-refractivity contribution is -0.161. The number of nitrogens with zero attached hydrogens (tertiary/aromatic N) is 6. The van der Waals surface area contributed by atoms with Crippen molar-refractivity contribution in [1.29, 1.82) is 0 Å². The number of halogens is 3. The number of carbonyl (C=O) groups is 1. The molecule has 27 heavy (non-hydrogen) atoms. The molecular weight excluding hydrogens is 361 g/mol. The Bertz CT molecular complexity index is 667. The standard InChI is InChI=1S/C17H25F3N6O/c1-13-11-14(24-5-3-23(2)4-6-24)22-16(21-13)26-9-7-25(8-10-26)15(27)12-17(18,19)20/h11H,3-10,12H2,1-2H3. The van der Waals surface area contributed by atoms with Crippen LogP contribution in [0.5, 0.6) is 0 Å². The van der Waals surface area contributed by atoms with Gasteiger partial charge in [0.2, 0.25) is 11.9 Å². The molecule has 0 aliphatic carbocycles. The van der Waals surface area contributed by atoms with Crippen LogP contribution in [0.3, 0.4) is 0 Å². The number of aromatic nitrogens is 2. The second kappa shape index (κ2) is 7.87. The molecule has 0 bridgehead atoms. The van der Waals surface area contributed by atoms with Gasteiger partial charge in [0.1, 0.15) is 12.2 Å². The van der Waals surface area contributed by atoms with Gasteiger partial charge in [0.25, 0.3) is 0 Å². The Hall–Kier alpha value is -2.10. The predicted octanol–water partition coefficient (Wildman–Crippen LogP) is 1.14. The van der Waals surface area contributed by atoms with Crippen LogP contribution in [0.25, 0.3) is 0 Å². The smallest absolute Gasteiger partial charge is 0.354 e. The van der Waals surface area contributed by atoms with E-state index < -0.39 is 18.5 Å². The highest BCUT2D eigenvalue weighted by atomic mass is 19.4. The van der Waals surface area contributed by atoms with Crippen LogP contribution in [0.1, 0.15) is 12.1 Å². The van der Waals surface area contributed by atoms with E-state index in [1.165, 1.54) is 4.90 Å².